The summed E-state index contributed by atoms with van der Waals surface area (Å²) < 4.78 is 0. The highest BCUT2D eigenvalue weighted by atomic mass is 35.5. The number of nitriles is 1. The topological polar surface area (TPSA) is 35.8 Å². The molecule has 0 aromatic heterocycles. The minimum atomic E-state index is 0.568. The van der Waals surface area contributed by atoms with E-state index in [4.69, 9.17) is 16.9 Å². The van der Waals surface area contributed by atoms with E-state index in [2.05, 4.69) is 18.8 Å². The maximum Gasteiger partial charge on any atom is 0.0992 e. The van der Waals surface area contributed by atoms with Crippen LogP contribution in [0.2, 0.25) is 5.02 Å². The van der Waals surface area contributed by atoms with Crippen LogP contribution in [0.15, 0.2) is 30.4 Å². The molecule has 0 amide bonds. The molecule has 3 heteroatoms. The van der Waals surface area contributed by atoms with Gasteiger partial charge in [0.2, 0.25) is 0 Å². The Kier molecular flexibility index (Phi) is 4.20. The third-order valence-corrected chi connectivity index (χ3v) is 2.44. The lowest BCUT2D eigenvalue weighted by molar-refractivity contribution is 1.05. The van der Waals surface area contributed by atoms with Crippen LogP contribution in [0.1, 0.15) is 18.9 Å². The number of halogens is 1. The van der Waals surface area contributed by atoms with E-state index in [9.17, 15) is 0 Å². The van der Waals surface area contributed by atoms with Crippen molar-refractivity contribution in [3.8, 4) is 6.07 Å². The average molecular weight is 221 g/mol. The van der Waals surface area contributed by atoms with Gasteiger partial charge in [-0.05, 0) is 24.6 Å². The van der Waals surface area contributed by atoms with Gasteiger partial charge in [-0.2, -0.15) is 5.26 Å². The molecular weight excluding hydrogens is 208 g/mol. The van der Waals surface area contributed by atoms with Crippen LogP contribution in [0.3, 0.4) is 0 Å². The third kappa shape index (κ3) is 3.30. The number of nitrogens with one attached hydrogen (secondary N) is 1. The molecule has 1 aromatic carbocycles. The lowest BCUT2D eigenvalue weighted by Crippen LogP contribution is -2.03. The van der Waals surface area contributed by atoms with Crippen molar-refractivity contribution in [2.75, 3.05) is 11.9 Å². The molecule has 78 valence electrons. The normalized spacial score (nSPS) is 9.40. The van der Waals surface area contributed by atoms with Gasteiger partial charge in [-0.25, -0.2) is 0 Å². The molecule has 0 atom stereocenters. The predicted octanol–water partition coefficient (Wildman–Crippen LogP) is 3.59. The van der Waals surface area contributed by atoms with E-state index in [1.54, 1.807) is 12.1 Å². The molecular formula is C12H13ClN2. The zero-order valence-electron chi connectivity index (χ0n) is 8.68. The summed E-state index contributed by atoms with van der Waals surface area (Å²) in [5.41, 5.74) is 2.53. The highest BCUT2D eigenvalue weighted by Gasteiger charge is 2.01. The van der Waals surface area contributed by atoms with Crippen molar-refractivity contribution in [1.29, 1.82) is 5.26 Å². The van der Waals surface area contributed by atoms with Gasteiger partial charge in [-0.3, -0.25) is 0 Å². The molecule has 0 spiro atoms. The number of hydrogen-bond donors (Lipinski definition) is 1. The van der Waals surface area contributed by atoms with Crippen LogP contribution in [-0.2, 0) is 0 Å². The van der Waals surface area contributed by atoms with Crippen LogP contribution in [0.5, 0.6) is 0 Å². The second-order valence-corrected chi connectivity index (χ2v) is 3.67. The smallest absolute Gasteiger partial charge is 0.0992 e. The quantitative estimate of drug-likeness (QED) is 0.788. The molecule has 0 saturated carbocycles. The second kappa shape index (κ2) is 5.43. The first kappa shape index (κ1) is 11.6. The summed E-state index contributed by atoms with van der Waals surface area (Å²) in [5.74, 6) is 0. The van der Waals surface area contributed by atoms with E-state index in [0.717, 1.165) is 17.7 Å². The molecule has 2 nitrogen and oxygen atoms in total. The van der Waals surface area contributed by atoms with E-state index in [-0.39, 0.29) is 0 Å². The number of hydrogen-bond acceptors (Lipinski definition) is 2. The van der Waals surface area contributed by atoms with Crippen molar-refractivity contribution < 1.29 is 0 Å². The summed E-state index contributed by atoms with van der Waals surface area (Å²) in [6, 6.07) is 7.24. The van der Waals surface area contributed by atoms with Gasteiger partial charge in [0, 0.05) is 6.54 Å². The summed E-state index contributed by atoms with van der Waals surface area (Å²) in [6.45, 7) is 6.66. The van der Waals surface area contributed by atoms with Crippen molar-refractivity contribution in [3.05, 3.63) is 40.9 Å². The first-order chi connectivity index (χ1) is 7.17. The van der Waals surface area contributed by atoms with Gasteiger partial charge in [-0.15, -0.1) is 0 Å². The Balaban J connectivity index is 2.71. The monoisotopic (exact) mass is 220 g/mol. The molecule has 1 aromatic rings. The lowest BCUT2D eigenvalue weighted by Gasteiger charge is -2.09. The molecule has 1 N–H and O–H groups in total. The Bertz CT molecular complexity index is 405. The van der Waals surface area contributed by atoms with Crippen LogP contribution in [0.25, 0.3) is 0 Å². The van der Waals surface area contributed by atoms with E-state index in [1.165, 1.54) is 0 Å². The van der Waals surface area contributed by atoms with Crippen molar-refractivity contribution in [1.82, 2.24) is 0 Å². The Morgan fingerprint density at radius 3 is 2.87 bits per heavy atom. The molecule has 1 rings (SSSR count). The SMILES string of the molecule is C=C(CC)CNc1ccc(C#N)cc1Cl. The number of rotatable bonds is 4. The number of anilines is 1. The Labute approximate surface area is 95.2 Å². The van der Waals surface area contributed by atoms with E-state index in [1.807, 2.05) is 12.1 Å². The first-order valence-electron chi connectivity index (χ1n) is 4.77. The molecule has 0 radical (unpaired) electrons. The number of nitrogens with zero attached hydrogens (tertiary/aromatic N) is 1. The Hall–Kier alpha value is -1.46. The van der Waals surface area contributed by atoms with E-state index in [0.29, 0.717) is 17.1 Å². The fourth-order valence-corrected chi connectivity index (χ4v) is 1.32. The fourth-order valence-electron chi connectivity index (χ4n) is 1.07. The van der Waals surface area contributed by atoms with Gasteiger partial charge in [0.1, 0.15) is 0 Å². The number of benzene rings is 1. The highest BCUT2D eigenvalue weighted by Crippen LogP contribution is 2.22. The largest absolute Gasteiger partial charge is 0.380 e. The summed E-state index contributed by atoms with van der Waals surface area (Å²) >= 11 is 5.99. The molecule has 0 bridgehead atoms. The lowest BCUT2D eigenvalue weighted by atomic mass is 10.2. The van der Waals surface area contributed by atoms with Crippen molar-refractivity contribution in [2.45, 2.75) is 13.3 Å². The predicted molar refractivity (Wildman–Crippen MR) is 64.1 cm³/mol. The molecule has 0 unspecified atom stereocenters. The highest BCUT2D eigenvalue weighted by molar-refractivity contribution is 6.33. The van der Waals surface area contributed by atoms with Gasteiger partial charge < -0.3 is 5.32 Å². The Morgan fingerprint density at radius 2 is 2.33 bits per heavy atom. The minimum absolute atomic E-state index is 0.568. The molecule has 0 fully saturated rings. The van der Waals surface area contributed by atoms with Gasteiger partial charge in [0.05, 0.1) is 22.3 Å². The van der Waals surface area contributed by atoms with Gasteiger partial charge in [0.15, 0.2) is 0 Å². The maximum atomic E-state index is 8.67. The summed E-state index contributed by atoms with van der Waals surface area (Å²) in [4.78, 5) is 0. The molecule has 0 aliphatic carbocycles. The molecule has 15 heavy (non-hydrogen) atoms. The van der Waals surface area contributed by atoms with Crippen molar-refractivity contribution in [3.63, 3.8) is 0 Å². The van der Waals surface area contributed by atoms with Gasteiger partial charge in [0.25, 0.3) is 0 Å². The zero-order valence-corrected chi connectivity index (χ0v) is 9.43. The minimum Gasteiger partial charge on any atom is -0.380 e. The third-order valence-electron chi connectivity index (χ3n) is 2.13. The standard InChI is InChI=1S/C12H13ClN2/c1-3-9(2)8-15-12-5-4-10(7-14)6-11(12)13/h4-6,15H,2-3,8H2,1H3. The van der Waals surface area contributed by atoms with E-state index >= 15 is 0 Å². The molecule has 0 heterocycles. The van der Waals surface area contributed by atoms with Crippen LogP contribution >= 0.6 is 11.6 Å². The summed E-state index contributed by atoms with van der Waals surface area (Å²) in [7, 11) is 0. The summed E-state index contributed by atoms with van der Waals surface area (Å²) in [5, 5.41) is 12.4. The Morgan fingerprint density at radius 1 is 1.60 bits per heavy atom. The second-order valence-electron chi connectivity index (χ2n) is 3.26. The first-order valence-corrected chi connectivity index (χ1v) is 5.15. The molecule has 0 aliphatic rings. The van der Waals surface area contributed by atoms with Crippen LogP contribution in [-0.4, -0.2) is 6.54 Å². The zero-order chi connectivity index (χ0) is 11.3. The fraction of sp³-hybridized carbons (Fsp3) is 0.250. The van der Waals surface area contributed by atoms with E-state index < -0.39 is 0 Å². The van der Waals surface area contributed by atoms with Gasteiger partial charge in [-0.1, -0.05) is 30.7 Å². The van der Waals surface area contributed by atoms with Crippen molar-refractivity contribution in [2.24, 2.45) is 0 Å². The van der Waals surface area contributed by atoms with Crippen LogP contribution < -0.4 is 5.32 Å². The van der Waals surface area contributed by atoms with Crippen LogP contribution in [0, 0.1) is 11.3 Å². The summed E-state index contributed by atoms with van der Waals surface area (Å²) in [6.07, 6.45) is 0.945. The van der Waals surface area contributed by atoms with Crippen LogP contribution in [0.4, 0.5) is 5.69 Å². The molecule has 0 saturated heterocycles. The van der Waals surface area contributed by atoms with Gasteiger partial charge >= 0.3 is 0 Å². The maximum absolute atomic E-state index is 8.67. The molecule has 0 aliphatic heterocycles. The average Bonchev–Trinajstić information content (AvgIpc) is 2.26. The van der Waals surface area contributed by atoms with Crippen molar-refractivity contribution >= 4 is 17.3 Å².